The molecule has 5 heteroatoms. The van der Waals surface area contributed by atoms with Crippen molar-refractivity contribution >= 4 is 23.4 Å². The summed E-state index contributed by atoms with van der Waals surface area (Å²) >= 11 is 5.91. The van der Waals surface area contributed by atoms with E-state index in [4.69, 9.17) is 16.7 Å². The fourth-order valence-electron chi connectivity index (χ4n) is 1.87. The minimum absolute atomic E-state index is 0.0693. The first kappa shape index (κ1) is 16.4. The summed E-state index contributed by atoms with van der Waals surface area (Å²) in [5, 5.41) is 12.2. The van der Waals surface area contributed by atoms with Gasteiger partial charge < -0.3 is 10.4 Å². The number of rotatable bonds is 8. The quantitative estimate of drug-likeness (QED) is 0.572. The van der Waals surface area contributed by atoms with E-state index in [0.717, 1.165) is 5.56 Å². The normalized spacial score (nSPS) is 11.9. The van der Waals surface area contributed by atoms with Gasteiger partial charge in [-0.1, -0.05) is 23.7 Å². The summed E-state index contributed by atoms with van der Waals surface area (Å²) < 4.78 is 0. The number of benzene rings is 1. The Kier molecular flexibility index (Phi) is 6.42. The van der Waals surface area contributed by atoms with E-state index in [0.29, 0.717) is 17.1 Å². The topological polar surface area (TPSA) is 66.4 Å². The summed E-state index contributed by atoms with van der Waals surface area (Å²) in [7, 11) is 0. The lowest BCUT2D eigenvalue weighted by molar-refractivity contribution is -0.137. The number of carbonyl (C=O) groups excluding carboxylic acids is 1. The number of carbonyl (C=O) groups is 2. The SMILES string of the molecule is C=CCNC(CCC(=O)O)C(=O)c1cc(Cl)ccc1C. The van der Waals surface area contributed by atoms with E-state index in [9.17, 15) is 9.59 Å². The van der Waals surface area contributed by atoms with E-state index in [1.165, 1.54) is 0 Å². The molecule has 108 valence electrons. The molecule has 0 bridgehead atoms. The summed E-state index contributed by atoms with van der Waals surface area (Å²) in [6, 6.07) is 4.55. The fourth-order valence-corrected chi connectivity index (χ4v) is 2.04. The van der Waals surface area contributed by atoms with Gasteiger partial charge >= 0.3 is 5.97 Å². The second kappa shape index (κ2) is 7.82. The van der Waals surface area contributed by atoms with Gasteiger partial charge in [0.15, 0.2) is 5.78 Å². The van der Waals surface area contributed by atoms with Crippen LogP contribution in [0.1, 0.15) is 28.8 Å². The number of aryl methyl sites for hydroxylation is 1. The number of carboxylic acid groups (broad SMARTS) is 1. The van der Waals surface area contributed by atoms with Crippen molar-refractivity contribution < 1.29 is 14.7 Å². The first-order valence-corrected chi connectivity index (χ1v) is 6.70. The van der Waals surface area contributed by atoms with Gasteiger partial charge in [-0.15, -0.1) is 6.58 Å². The average Bonchev–Trinajstić information content (AvgIpc) is 2.40. The molecule has 0 aromatic heterocycles. The molecular weight excluding hydrogens is 278 g/mol. The third-order valence-electron chi connectivity index (χ3n) is 2.94. The molecule has 2 N–H and O–H groups in total. The Morgan fingerprint density at radius 2 is 2.20 bits per heavy atom. The Bertz CT molecular complexity index is 514. The van der Waals surface area contributed by atoms with Crippen LogP contribution >= 0.6 is 11.6 Å². The van der Waals surface area contributed by atoms with Gasteiger partial charge in [-0.3, -0.25) is 9.59 Å². The number of aliphatic carboxylic acids is 1. The summed E-state index contributed by atoms with van der Waals surface area (Å²) in [5.41, 5.74) is 1.34. The van der Waals surface area contributed by atoms with Crippen molar-refractivity contribution in [3.8, 4) is 0 Å². The summed E-state index contributed by atoms with van der Waals surface area (Å²) in [4.78, 5) is 23.2. The van der Waals surface area contributed by atoms with E-state index in [1.807, 2.05) is 6.92 Å². The molecule has 1 unspecified atom stereocenters. The highest BCUT2D eigenvalue weighted by Gasteiger charge is 2.21. The smallest absolute Gasteiger partial charge is 0.303 e. The van der Waals surface area contributed by atoms with Crippen LogP contribution in [-0.4, -0.2) is 29.4 Å². The molecule has 1 aromatic carbocycles. The van der Waals surface area contributed by atoms with Crippen LogP contribution in [0.15, 0.2) is 30.9 Å². The Balaban J connectivity index is 2.92. The molecule has 1 atom stereocenters. The molecule has 0 aliphatic rings. The van der Waals surface area contributed by atoms with Crippen LogP contribution in [0.3, 0.4) is 0 Å². The largest absolute Gasteiger partial charge is 0.481 e. The van der Waals surface area contributed by atoms with Gasteiger partial charge in [0.05, 0.1) is 6.04 Å². The molecular formula is C15H18ClNO3. The van der Waals surface area contributed by atoms with E-state index < -0.39 is 12.0 Å². The van der Waals surface area contributed by atoms with Gasteiger partial charge in [0.25, 0.3) is 0 Å². The van der Waals surface area contributed by atoms with Crippen molar-refractivity contribution in [1.82, 2.24) is 5.32 Å². The molecule has 0 aliphatic heterocycles. The molecule has 0 saturated heterocycles. The van der Waals surface area contributed by atoms with Crippen LogP contribution in [0, 0.1) is 6.92 Å². The van der Waals surface area contributed by atoms with Crippen molar-refractivity contribution in [3.63, 3.8) is 0 Å². The molecule has 20 heavy (non-hydrogen) atoms. The maximum absolute atomic E-state index is 12.5. The number of carboxylic acids is 1. The lowest BCUT2D eigenvalue weighted by Crippen LogP contribution is -2.37. The number of Topliss-reactive ketones (excluding diaryl/α,β-unsaturated/α-hetero) is 1. The third kappa shape index (κ3) is 4.79. The van der Waals surface area contributed by atoms with Crippen molar-refractivity contribution in [2.24, 2.45) is 0 Å². The molecule has 0 fully saturated rings. The highest BCUT2D eigenvalue weighted by Crippen LogP contribution is 2.18. The van der Waals surface area contributed by atoms with Crippen LogP contribution in [-0.2, 0) is 4.79 Å². The fraction of sp³-hybridized carbons (Fsp3) is 0.333. The first-order chi connectivity index (χ1) is 9.45. The number of hydrogen-bond acceptors (Lipinski definition) is 3. The Hall–Kier alpha value is -1.65. The van der Waals surface area contributed by atoms with Crippen LogP contribution in [0.5, 0.6) is 0 Å². The third-order valence-corrected chi connectivity index (χ3v) is 3.17. The molecule has 0 saturated carbocycles. The second-order valence-electron chi connectivity index (χ2n) is 4.51. The molecule has 0 heterocycles. The molecule has 4 nitrogen and oxygen atoms in total. The molecule has 1 aromatic rings. The van der Waals surface area contributed by atoms with Gasteiger partial charge in [0, 0.05) is 23.6 Å². The number of hydrogen-bond donors (Lipinski definition) is 2. The Morgan fingerprint density at radius 1 is 1.50 bits per heavy atom. The maximum atomic E-state index is 12.5. The minimum atomic E-state index is -0.925. The highest BCUT2D eigenvalue weighted by molar-refractivity contribution is 6.31. The first-order valence-electron chi connectivity index (χ1n) is 6.32. The summed E-state index contributed by atoms with van der Waals surface area (Å²) in [5.74, 6) is -1.07. The van der Waals surface area contributed by atoms with E-state index in [2.05, 4.69) is 11.9 Å². The van der Waals surface area contributed by atoms with Gasteiger partial charge in [-0.05, 0) is 31.0 Å². The maximum Gasteiger partial charge on any atom is 0.303 e. The summed E-state index contributed by atoms with van der Waals surface area (Å²) in [6.45, 7) is 5.85. The standard InChI is InChI=1S/C15H18ClNO3/c1-3-8-17-13(6-7-14(18)19)15(20)12-9-11(16)5-4-10(12)2/h3-5,9,13,17H,1,6-8H2,2H3,(H,18,19). The number of halogens is 1. The number of ketones is 1. The van der Waals surface area contributed by atoms with Gasteiger partial charge in [0.2, 0.25) is 0 Å². The average molecular weight is 296 g/mol. The molecule has 0 spiro atoms. The van der Waals surface area contributed by atoms with Gasteiger partial charge in [-0.2, -0.15) is 0 Å². The zero-order chi connectivity index (χ0) is 15.1. The minimum Gasteiger partial charge on any atom is -0.481 e. The van der Waals surface area contributed by atoms with Crippen molar-refractivity contribution in [1.29, 1.82) is 0 Å². The number of nitrogens with one attached hydrogen (secondary N) is 1. The van der Waals surface area contributed by atoms with E-state index >= 15 is 0 Å². The van der Waals surface area contributed by atoms with Crippen LogP contribution in [0.25, 0.3) is 0 Å². The summed E-state index contributed by atoms with van der Waals surface area (Å²) in [6.07, 6.45) is 1.79. The monoisotopic (exact) mass is 295 g/mol. The zero-order valence-electron chi connectivity index (χ0n) is 11.4. The van der Waals surface area contributed by atoms with Crippen molar-refractivity contribution in [2.45, 2.75) is 25.8 Å². The Labute approximate surface area is 123 Å². The second-order valence-corrected chi connectivity index (χ2v) is 4.94. The molecule has 0 aliphatic carbocycles. The van der Waals surface area contributed by atoms with Crippen LogP contribution in [0.4, 0.5) is 0 Å². The van der Waals surface area contributed by atoms with Gasteiger partial charge in [0.1, 0.15) is 0 Å². The zero-order valence-corrected chi connectivity index (χ0v) is 12.1. The lowest BCUT2D eigenvalue weighted by Gasteiger charge is -2.17. The predicted molar refractivity (Wildman–Crippen MR) is 79.4 cm³/mol. The Morgan fingerprint density at radius 3 is 2.80 bits per heavy atom. The predicted octanol–water partition coefficient (Wildman–Crippen LogP) is 2.84. The van der Waals surface area contributed by atoms with E-state index in [-0.39, 0.29) is 18.6 Å². The molecule has 0 radical (unpaired) electrons. The van der Waals surface area contributed by atoms with Crippen molar-refractivity contribution in [2.75, 3.05) is 6.54 Å². The van der Waals surface area contributed by atoms with E-state index in [1.54, 1.807) is 24.3 Å². The van der Waals surface area contributed by atoms with Crippen LogP contribution in [0.2, 0.25) is 5.02 Å². The highest BCUT2D eigenvalue weighted by atomic mass is 35.5. The molecule has 0 amide bonds. The molecule has 1 rings (SSSR count). The lowest BCUT2D eigenvalue weighted by atomic mass is 9.96. The van der Waals surface area contributed by atoms with Crippen molar-refractivity contribution in [3.05, 3.63) is 47.0 Å². The van der Waals surface area contributed by atoms with Gasteiger partial charge in [-0.25, -0.2) is 0 Å². The van der Waals surface area contributed by atoms with Crippen LogP contribution < -0.4 is 5.32 Å².